The maximum Gasteiger partial charge on any atom is 0.165 e. The predicted octanol–water partition coefficient (Wildman–Crippen LogP) is 2.32. The van der Waals surface area contributed by atoms with E-state index in [0.29, 0.717) is 11.3 Å². The average Bonchev–Trinajstić information content (AvgIpc) is 3.13. The van der Waals surface area contributed by atoms with Crippen molar-refractivity contribution in [3.63, 3.8) is 0 Å². The zero-order chi connectivity index (χ0) is 19.5. The monoisotopic (exact) mass is 383 g/mol. The number of nitrogens with two attached hydrogens (primary N) is 1. The van der Waals surface area contributed by atoms with Gasteiger partial charge in [0.05, 0.1) is 6.33 Å². The van der Waals surface area contributed by atoms with Crippen LogP contribution >= 0.6 is 0 Å². The van der Waals surface area contributed by atoms with E-state index in [1.165, 1.54) is 12.1 Å². The highest BCUT2D eigenvalue weighted by atomic mass is 19.1. The summed E-state index contributed by atoms with van der Waals surface area (Å²) >= 11 is 0. The van der Waals surface area contributed by atoms with Crippen molar-refractivity contribution in [3.8, 4) is 0 Å². The lowest BCUT2D eigenvalue weighted by Crippen LogP contribution is -2.46. The van der Waals surface area contributed by atoms with Crippen molar-refractivity contribution in [1.82, 2.24) is 24.4 Å². The summed E-state index contributed by atoms with van der Waals surface area (Å²) in [5.74, 6) is 1.02. The zero-order valence-corrected chi connectivity index (χ0v) is 16.2. The van der Waals surface area contributed by atoms with Gasteiger partial charge in [-0.15, -0.1) is 0 Å². The van der Waals surface area contributed by atoms with Crippen LogP contribution in [0.3, 0.4) is 0 Å². The second kappa shape index (κ2) is 8.10. The smallest absolute Gasteiger partial charge is 0.165 e. The summed E-state index contributed by atoms with van der Waals surface area (Å²) in [6.45, 7) is 7.85. The van der Waals surface area contributed by atoms with E-state index in [1.807, 2.05) is 25.4 Å². The lowest BCUT2D eigenvalue weighted by Gasteiger charge is -2.36. The Kier molecular flexibility index (Phi) is 5.38. The molecule has 3 aromatic rings. The maximum absolute atomic E-state index is 13.1. The number of aromatic nitrogens is 4. The van der Waals surface area contributed by atoms with E-state index in [1.54, 1.807) is 0 Å². The van der Waals surface area contributed by atoms with E-state index in [4.69, 9.17) is 5.73 Å². The van der Waals surface area contributed by atoms with Crippen LogP contribution < -0.4 is 10.6 Å². The molecular formula is C20H26FN7. The van der Waals surface area contributed by atoms with Crippen LogP contribution in [-0.4, -0.2) is 57.1 Å². The van der Waals surface area contributed by atoms with E-state index in [0.717, 1.165) is 69.3 Å². The standard InChI is InChI=1S/C20H26FN7/c1-2-17-24-19(22)18-20(25-17)28(14-23-18)9-3-8-26-10-12-27(13-11-26)16-6-4-15(21)5-7-16/h4-7,14H,2-3,8-13H2,1H3,(H2,22,24,25). The van der Waals surface area contributed by atoms with Crippen LogP contribution in [0, 0.1) is 5.82 Å². The molecule has 0 atom stereocenters. The molecule has 28 heavy (non-hydrogen) atoms. The molecule has 1 aromatic carbocycles. The number of nitrogens with zero attached hydrogens (tertiary/aromatic N) is 6. The molecule has 0 unspecified atom stereocenters. The second-order valence-corrected chi connectivity index (χ2v) is 7.15. The number of halogens is 1. The molecule has 1 aliphatic heterocycles. The van der Waals surface area contributed by atoms with Gasteiger partial charge >= 0.3 is 0 Å². The molecule has 0 aliphatic carbocycles. The Bertz CT molecular complexity index is 930. The summed E-state index contributed by atoms with van der Waals surface area (Å²) in [4.78, 5) is 18.0. The minimum absolute atomic E-state index is 0.188. The first-order valence-electron chi connectivity index (χ1n) is 9.84. The van der Waals surface area contributed by atoms with Gasteiger partial charge < -0.3 is 15.2 Å². The zero-order valence-electron chi connectivity index (χ0n) is 16.2. The molecule has 4 rings (SSSR count). The quantitative estimate of drug-likeness (QED) is 0.704. The molecule has 148 valence electrons. The van der Waals surface area contributed by atoms with Crippen molar-refractivity contribution in [3.05, 3.63) is 42.2 Å². The van der Waals surface area contributed by atoms with Crippen molar-refractivity contribution < 1.29 is 4.39 Å². The van der Waals surface area contributed by atoms with Gasteiger partial charge in [0.1, 0.15) is 17.2 Å². The van der Waals surface area contributed by atoms with Gasteiger partial charge in [0.2, 0.25) is 0 Å². The topological polar surface area (TPSA) is 76.1 Å². The van der Waals surface area contributed by atoms with Crippen LogP contribution in [0.25, 0.3) is 11.2 Å². The van der Waals surface area contributed by atoms with Gasteiger partial charge in [-0.2, -0.15) is 0 Å². The van der Waals surface area contributed by atoms with Gasteiger partial charge in [-0.05, 0) is 37.2 Å². The number of fused-ring (bicyclic) bond motifs is 1. The highest BCUT2D eigenvalue weighted by Gasteiger charge is 2.17. The van der Waals surface area contributed by atoms with E-state index >= 15 is 0 Å². The Morgan fingerprint density at radius 1 is 1.04 bits per heavy atom. The van der Waals surface area contributed by atoms with Crippen molar-refractivity contribution >= 4 is 22.7 Å². The van der Waals surface area contributed by atoms with Gasteiger partial charge in [0.15, 0.2) is 11.5 Å². The molecular weight excluding hydrogens is 357 g/mol. The Morgan fingerprint density at radius 2 is 1.79 bits per heavy atom. The normalized spacial score (nSPS) is 15.4. The van der Waals surface area contributed by atoms with E-state index in [2.05, 4.69) is 29.3 Å². The Hall–Kier alpha value is -2.74. The number of hydrogen-bond acceptors (Lipinski definition) is 6. The lowest BCUT2D eigenvalue weighted by atomic mass is 10.2. The number of aryl methyl sites for hydroxylation is 2. The van der Waals surface area contributed by atoms with Crippen LogP contribution in [0.5, 0.6) is 0 Å². The summed E-state index contributed by atoms with van der Waals surface area (Å²) < 4.78 is 15.2. The number of anilines is 2. The molecule has 0 saturated carbocycles. The molecule has 1 aliphatic rings. The molecule has 7 nitrogen and oxygen atoms in total. The Balaban J connectivity index is 1.30. The van der Waals surface area contributed by atoms with Crippen LogP contribution in [-0.2, 0) is 13.0 Å². The van der Waals surface area contributed by atoms with Crippen molar-refractivity contribution in [1.29, 1.82) is 0 Å². The summed E-state index contributed by atoms with van der Waals surface area (Å²) in [5, 5.41) is 0. The fourth-order valence-electron chi connectivity index (χ4n) is 3.68. The fourth-order valence-corrected chi connectivity index (χ4v) is 3.68. The average molecular weight is 383 g/mol. The third kappa shape index (κ3) is 3.91. The third-order valence-corrected chi connectivity index (χ3v) is 5.29. The van der Waals surface area contributed by atoms with Gasteiger partial charge in [-0.3, -0.25) is 4.90 Å². The fraction of sp³-hybridized carbons (Fsp3) is 0.450. The van der Waals surface area contributed by atoms with Gasteiger partial charge in [-0.1, -0.05) is 6.92 Å². The summed E-state index contributed by atoms with van der Waals surface area (Å²) in [6, 6.07) is 6.76. The minimum atomic E-state index is -0.188. The number of rotatable bonds is 6. The Labute approximate surface area is 164 Å². The van der Waals surface area contributed by atoms with Crippen molar-refractivity contribution in [2.75, 3.05) is 43.4 Å². The van der Waals surface area contributed by atoms with Crippen molar-refractivity contribution in [2.24, 2.45) is 0 Å². The van der Waals surface area contributed by atoms with Gasteiger partial charge in [0, 0.05) is 44.8 Å². The van der Waals surface area contributed by atoms with Crippen molar-refractivity contribution in [2.45, 2.75) is 26.3 Å². The first-order valence-corrected chi connectivity index (χ1v) is 9.84. The first kappa shape index (κ1) is 18.6. The highest BCUT2D eigenvalue weighted by molar-refractivity contribution is 5.81. The number of nitrogen functional groups attached to an aromatic ring is 1. The SMILES string of the molecule is CCc1nc(N)c2ncn(CCCN3CCN(c4ccc(F)cc4)CC3)c2n1. The molecule has 0 spiro atoms. The number of imidazole rings is 1. The summed E-state index contributed by atoms with van der Waals surface area (Å²) in [7, 11) is 0. The van der Waals surface area contributed by atoms with E-state index in [-0.39, 0.29) is 5.82 Å². The summed E-state index contributed by atoms with van der Waals surface area (Å²) in [6.07, 6.45) is 3.58. The van der Waals surface area contributed by atoms with Crippen LogP contribution in [0.2, 0.25) is 0 Å². The van der Waals surface area contributed by atoms with E-state index < -0.39 is 0 Å². The predicted molar refractivity (Wildman–Crippen MR) is 109 cm³/mol. The number of hydrogen-bond donors (Lipinski definition) is 1. The van der Waals surface area contributed by atoms with E-state index in [9.17, 15) is 4.39 Å². The largest absolute Gasteiger partial charge is 0.382 e. The molecule has 3 heterocycles. The van der Waals surface area contributed by atoms with Gasteiger partial charge in [-0.25, -0.2) is 19.3 Å². The molecule has 2 N–H and O–H groups in total. The molecule has 0 bridgehead atoms. The van der Waals surface area contributed by atoms with Crippen LogP contribution in [0.1, 0.15) is 19.2 Å². The molecule has 0 amide bonds. The molecule has 1 fully saturated rings. The lowest BCUT2D eigenvalue weighted by molar-refractivity contribution is 0.251. The first-order chi connectivity index (χ1) is 13.6. The van der Waals surface area contributed by atoms with Crippen LogP contribution in [0.15, 0.2) is 30.6 Å². The third-order valence-electron chi connectivity index (χ3n) is 5.29. The maximum atomic E-state index is 13.1. The molecule has 0 radical (unpaired) electrons. The number of benzene rings is 1. The number of piperazine rings is 1. The Morgan fingerprint density at radius 3 is 2.50 bits per heavy atom. The molecule has 2 aromatic heterocycles. The highest BCUT2D eigenvalue weighted by Crippen LogP contribution is 2.18. The molecule has 8 heteroatoms. The molecule has 1 saturated heterocycles. The second-order valence-electron chi connectivity index (χ2n) is 7.15. The van der Waals surface area contributed by atoms with Gasteiger partial charge in [0.25, 0.3) is 0 Å². The minimum Gasteiger partial charge on any atom is -0.382 e. The van der Waals surface area contributed by atoms with Crippen LogP contribution in [0.4, 0.5) is 15.9 Å². The summed E-state index contributed by atoms with van der Waals surface area (Å²) in [5.41, 5.74) is 8.60.